The highest BCUT2D eigenvalue weighted by Gasteiger charge is 2.37. The van der Waals surface area contributed by atoms with Gasteiger partial charge in [-0.2, -0.15) is 13.2 Å². The zero-order chi connectivity index (χ0) is 20.1. The van der Waals surface area contributed by atoms with Gasteiger partial charge in [0.05, 0.1) is 19.2 Å². The van der Waals surface area contributed by atoms with Crippen LogP contribution < -0.4 is 5.32 Å². The molecule has 1 rings (SSSR count). The predicted molar refractivity (Wildman–Crippen MR) is 84.0 cm³/mol. The fourth-order valence-corrected chi connectivity index (χ4v) is 2.10. The zero-order valence-electron chi connectivity index (χ0n) is 14.7. The lowest BCUT2D eigenvalue weighted by molar-refractivity contribution is -0.146. The van der Waals surface area contributed by atoms with Crippen molar-refractivity contribution in [2.24, 2.45) is 0 Å². The second-order valence-electron chi connectivity index (χ2n) is 6.70. The van der Waals surface area contributed by atoms with E-state index in [1.54, 1.807) is 20.8 Å². The van der Waals surface area contributed by atoms with Gasteiger partial charge in [-0.25, -0.2) is 4.79 Å². The van der Waals surface area contributed by atoms with E-state index < -0.39 is 54.7 Å². The van der Waals surface area contributed by atoms with E-state index in [4.69, 9.17) is 15.9 Å². The number of nitrogens with zero attached hydrogens (tertiary/aromatic N) is 1. The third-order valence-electron chi connectivity index (χ3n) is 3.23. The number of carbonyl (C=O) groups is 3. The number of rotatable bonds is 4. The maximum absolute atomic E-state index is 12.3. The number of halogens is 3. The molecular formula is C16H21F3N2O5. The van der Waals surface area contributed by atoms with Crippen LogP contribution in [0, 0.1) is 12.3 Å². The Bertz CT molecular complexity index is 592. The molecule has 1 aliphatic heterocycles. The van der Waals surface area contributed by atoms with Crippen molar-refractivity contribution < 1.29 is 37.0 Å². The summed E-state index contributed by atoms with van der Waals surface area (Å²) in [4.78, 5) is 36.9. The fourth-order valence-electron chi connectivity index (χ4n) is 2.10. The first kappa shape index (κ1) is 21.8. The second kappa shape index (κ2) is 8.40. The molecule has 0 saturated carbocycles. The van der Waals surface area contributed by atoms with Crippen molar-refractivity contribution in [1.82, 2.24) is 10.2 Å². The van der Waals surface area contributed by atoms with Gasteiger partial charge >= 0.3 is 12.3 Å². The molecule has 0 spiro atoms. The highest BCUT2D eigenvalue weighted by atomic mass is 19.4. The molecule has 0 aromatic rings. The van der Waals surface area contributed by atoms with Gasteiger partial charge < -0.3 is 14.8 Å². The minimum Gasteiger partial charge on any atom is -0.444 e. The number of amides is 2. The predicted octanol–water partition coefficient (Wildman–Crippen LogP) is 1.26. The van der Waals surface area contributed by atoms with Crippen LogP contribution in [0.25, 0.3) is 0 Å². The van der Waals surface area contributed by atoms with Crippen molar-refractivity contribution in [2.75, 3.05) is 19.7 Å². The summed E-state index contributed by atoms with van der Waals surface area (Å²) >= 11 is 0. The number of morpholine rings is 1. The second-order valence-corrected chi connectivity index (χ2v) is 6.70. The number of hydrogen-bond donors (Lipinski definition) is 1. The van der Waals surface area contributed by atoms with E-state index >= 15 is 0 Å². The number of hydrogen-bond acceptors (Lipinski definition) is 5. The highest BCUT2D eigenvalue weighted by molar-refractivity contribution is 6.36. The number of ketones is 1. The van der Waals surface area contributed by atoms with Gasteiger partial charge in [0.25, 0.3) is 5.91 Å². The molecule has 0 aliphatic carbocycles. The van der Waals surface area contributed by atoms with E-state index in [0.717, 1.165) is 4.90 Å². The Labute approximate surface area is 149 Å². The van der Waals surface area contributed by atoms with Crippen molar-refractivity contribution in [3.8, 4) is 12.3 Å². The Morgan fingerprint density at radius 3 is 2.42 bits per heavy atom. The van der Waals surface area contributed by atoms with Gasteiger partial charge in [-0.15, -0.1) is 6.42 Å². The van der Waals surface area contributed by atoms with Gasteiger partial charge in [0.15, 0.2) is 0 Å². The molecule has 1 fully saturated rings. The molecule has 1 heterocycles. The molecule has 2 atom stereocenters. The van der Waals surface area contributed by atoms with Crippen LogP contribution in [0.2, 0.25) is 0 Å². The number of carbonyl (C=O) groups excluding carboxylic acids is 3. The Morgan fingerprint density at radius 1 is 1.31 bits per heavy atom. The number of alkyl halides is 3. The molecule has 2 amide bonds. The van der Waals surface area contributed by atoms with Gasteiger partial charge in [-0.3, -0.25) is 14.5 Å². The maximum Gasteiger partial charge on any atom is 0.410 e. The first-order valence-corrected chi connectivity index (χ1v) is 7.77. The largest absolute Gasteiger partial charge is 0.444 e. The van der Waals surface area contributed by atoms with E-state index in [1.807, 2.05) is 0 Å². The maximum atomic E-state index is 12.3. The van der Waals surface area contributed by atoms with Crippen LogP contribution in [0.5, 0.6) is 0 Å². The number of nitrogens with one attached hydrogen (secondary N) is 1. The van der Waals surface area contributed by atoms with Crippen LogP contribution >= 0.6 is 0 Å². The summed E-state index contributed by atoms with van der Waals surface area (Å²) < 4.78 is 46.9. The van der Waals surface area contributed by atoms with E-state index in [1.165, 1.54) is 5.32 Å². The van der Waals surface area contributed by atoms with Crippen molar-refractivity contribution in [3.63, 3.8) is 0 Å². The van der Waals surface area contributed by atoms with Crippen LogP contribution in [0.3, 0.4) is 0 Å². The van der Waals surface area contributed by atoms with E-state index in [2.05, 4.69) is 5.92 Å². The zero-order valence-corrected chi connectivity index (χ0v) is 14.7. The molecule has 1 N–H and O–H groups in total. The van der Waals surface area contributed by atoms with Crippen molar-refractivity contribution in [3.05, 3.63) is 0 Å². The van der Waals surface area contributed by atoms with Gasteiger partial charge in [-0.05, 0) is 20.8 Å². The molecule has 0 bridgehead atoms. The molecule has 7 nitrogen and oxygen atoms in total. The lowest BCUT2D eigenvalue weighted by Gasteiger charge is -2.38. The van der Waals surface area contributed by atoms with Crippen LogP contribution in [-0.2, 0) is 19.1 Å². The number of ether oxygens (including phenoxy) is 2. The molecule has 26 heavy (non-hydrogen) atoms. The van der Waals surface area contributed by atoms with Crippen molar-refractivity contribution in [2.45, 2.75) is 51.1 Å². The molecule has 0 aromatic carbocycles. The molecule has 0 unspecified atom stereocenters. The Hall–Kier alpha value is -2.28. The van der Waals surface area contributed by atoms with E-state index in [9.17, 15) is 27.6 Å². The van der Waals surface area contributed by atoms with E-state index in [-0.39, 0.29) is 13.2 Å². The minimum atomic E-state index is -4.63. The van der Waals surface area contributed by atoms with Crippen LogP contribution in [-0.4, -0.2) is 66.3 Å². The lowest BCUT2D eigenvalue weighted by atomic mass is 10.1. The Balaban J connectivity index is 2.77. The van der Waals surface area contributed by atoms with Gasteiger partial charge in [0.1, 0.15) is 18.2 Å². The Kier molecular flexibility index (Phi) is 7.03. The average molecular weight is 378 g/mol. The lowest BCUT2D eigenvalue weighted by Crippen LogP contribution is -2.54. The summed E-state index contributed by atoms with van der Waals surface area (Å²) in [5, 5.41) is 1.49. The average Bonchev–Trinajstić information content (AvgIpc) is 2.50. The summed E-state index contributed by atoms with van der Waals surface area (Å²) in [6.45, 7) is 3.12. The quantitative estimate of drug-likeness (QED) is 0.588. The van der Waals surface area contributed by atoms with E-state index in [0.29, 0.717) is 0 Å². The molecule has 1 saturated heterocycles. The number of Topliss-reactive ketones (excluding diaryl/α,β-unsaturated/α-hetero) is 1. The Morgan fingerprint density at radius 2 is 1.92 bits per heavy atom. The first-order valence-electron chi connectivity index (χ1n) is 7.77. The van der Waals surface area contributed by atoms with Gasteiger partial charge in [0, 0.05) is 6.42 Å². The molecule has 1 aliphatic rings. The highest BCUT2D eigenvalue weighted by Crippen LogP contribution is 2.19. The molecular weight excluding hydrogens is 357 g/mol. The topological polar surface area (TPSA) is 84.9 Å². The normalized spacial score (nSPS) is 20.9. The third-order valence-corrected chi connectivity index (χ3v) is 3.23. The number of terminal acetylenes is 1. The summed E-state index contributed by atoms with van der Waals surface area (Å²) in [5.41, 5.74) is -0.806. The smallest absolute Gasteiger partial charge is 0.410 e. The van der Waals surface area contributed by atoms with Crippen molar-refractivity contribution >= 4 is 17.8 Å². The summed E-state index contributed by atoms with van der Waals surface area (Å²) in [6.07, 6.45) is -1.34. The minimum absolute atomic E-state index is 0.0620. The molecule has 146 valence electrons. The van der Waals surface area contributed by atoms with Gasteiger partial charge in [-0.1, -0.05) is 5.92 Å². The summed E-state index contributed by atoms with van der Waals surface area (Å²) in [6, 6.07) is -0.876. The SMILES string of the molecule is C#C[C@@H]1CN(C(=O)OC(C)(C)C)[C@H](CC(=O)C(=O)NCC(F)(F)F)CO1. The molecule has 0 aromatic heterocycles. The van der Waals surface area contributed by atoms with Gasteiger partial charge in [0.2, 0.25) is 5.78 Å². The van der Waals surface area contributed by atoms with Crippen LogP contribution in [0.15, 0.2) is 0 Å². The monoisotopic (exact) mass is 378 g/mol. The molecule has 10 heteroatoms. The fraction of sp³-hybridized carbons (Fsp3) is 0.688. The first-order chi connectivity index (χ1) is 11.8. The molecule has 0 radical (unpaired) electrons. The summed E-state index contributed by atoms with van der Waals surface area (Å²) in [7, 11) is 0. The van der Waals surface area contributed by atoms with Crippen LogP contribution in [0.4, 0.5) is 18.0 Å². The van der Waals surface area contributed by atoms with Crippen LogP contribution in [0.1, 0.15) is 27.2 Å². The standard InChI is InChI=1S/C16H21F3N2O5/c1-5-11-7-21(14(24)26-15(2,3)4)10(8-25-11)6-12(22)13(23)20-9-16(17,18)19/h1,10-11H,6-9H2,2-4H3,(H,20,23)/t10-,11-/m1/s1. The third kappa shape index (κ3) is 7.31. The van der Waals surface area contributed by atoms with Crippen molar-refractivity contribution in [1.29, 1.82) is 0 Å². The summed E-state index contributed by atoms with van der Waals surface area (Å²) in [5.74, 6) is -0.161.